The molecule has 0 unspecified atom stereocenters. The molecule has 1 rings (SSSR count). The third kappa shape index (κ3) is 4.58. The van der Waals surface area contributed by atoms with E-state index in [1.54, 1.807) is 19.9 Å². The Labute approximate surface area is 112 Å². The fourth-order valence-electron chi connectivity index (χ4n) is 1.51. The van der Waals surface area contributed by atoms with Crippen molar-refractivity contribution < 1.29 is 13.3 Å². The van der Waals surface area contributed by atoms with E-state index in [0.717, 1.165) is 0 Å². The molecule has 0 aromatic heterocycles. The van der Waals surface area contributed by atoms with E-state index < -0.39 is 26.2 Å². The number of rotatable bonds is 6. The van der Waals surface area contributed by atoms with Crippen molar-refractivity contribution in [2.75, 3.05) is 6.54 Å². The number of benzene rings is 1. The average Bonchev–Trinajstić information content (AvgIpc) is 2.27. The minimum Gasteiger partial charge on any atom is -0.329 e. The van der Waals surface area contributed by atoms with E-state index in [1.165, 1.54) is 18.2 Å². The Hall–Kier alpha value is -1.51. The zero-order valence-electron chi connectivity index (χ0n) is 10.8. The lowest BCUT2D eigenvalue weighted by Gasteiger charge is -2.23. The first-order valence-electron chi connectivity index (χ1n) is 5.61. The molecule has 0 spiro atoms. The van der Waals surface area contributed by atoms with Crippen molar-refractivity contribution in [2.24, 2.45) is 5.73 Å². The summed E-state index contributed by atoms with van der Waals surface area (Å²) in [5.74, 6) is -0.451. The largest absolute Gasteiger partial charge is 0.329 e. The van der Waals surface area contributed by atoms with E-state index in [-0.39, 0.29) is 17.8 Å². The van der Waals surface area contributed by atoms with Crippen LogP contribution in [0.2, 0.25) is 0 Å². The molecule has 0 aliphatic carbocycles. The van der Waals surface area contributed by atoms with Crippen LogP contribution in [-0.4, -0.2) is 25.4 Å². The van der Waals surface area contributed by atoms with E-state index >= 15 is 0 Å². The van der Waals surface area contributed by atoms with Gasteiger partial charge >= 0.3 is 0 Å². The number of sulfonamides is 1. The molecule has 0 bridgehead atoms. The standard InChI is InChI=1S/C11H17N3O4S/c1-11(2,8-12)13-19(17,18)7-9-5-3-4-6-10(9)14(15)16/h3-6,13H,7-8,12H2,1-2H3. The Bertz CT molecular complexity index is 569. The molecule has 0 saturated carbocycles. The molecule has 0 heterocycles. The topological polar surface area (TPSA) is 115 Å². The van der Waals surface area contributed by atoms with Crippen molar-refractivity contribution in [3.8, 4) is 0 Å². The van der Waals surface area contributed by atoms with E-state index in [9.17, 15) is 18.5 Å². The Morgan fingerprint density at radius 2 is 1.95 bits per heavy atom. The van der Waals surface area contributed by atoms with E-state index in [1.807, 2.05) is 0 Å². The molecule has 0 aliphatic heterocycles. The number of nitrogens with one attached hydrogen (secondary N) is 1. The summed E-state index contributed by atoms with van der Waals surface area (Å²) in [6.45, 7) is 3.41. The first-order chi connectivity index (χ1) is 8.67. The molecule has 0 aliphatic rings. The highest BCUT2D eigenvalue weighted by atomic mass is 32.2. The van der Waals surface area contributed by atoms with Gasteiger partial charge in [0.2, 0.25) is 10.0 Å². The smallest absolute Gasteiger partial charge is 0.273 e. The molecule has 0 radical (unpaired) electrons. The molecule has 0 fully saturated rings. The maximum Gasteiger partial charge on any atom is 0.273 e. The van der Waals surface area contributed by atoms with Crippen LogP contribution in [0, 0.1) is 10.1 Å². The van der Waals surface area contributed by atoms with Gasteiger partial charge in [-0.25, -0.2) is 13.1 Å². The number of hydrogen-bond donors (Lipinski definition) is 2. The fraction of sp³-hybridized carbons (Fsp3) is 0.455. The van der Waals surface area contributed by atoms with E-state index in [0.29, 0.717) is 0 Å². The lowest BCUT2D eigenvalue weighted by atomic mass is 10.1. The highest BCUT2D eigenvalue weighted by Gasteiger charge is 2.26. The first kappa shape index (κ1) is 15.5. The van der Waals surface area contributed by atoms with Crippen LogP contribution in [0.4, 0.5) is 5.69 Å². The predicted octanol–water partition coefficient (Wildman–Crippen LogP) is 0.752. The zero-order chi connectivity index (χ0) is 14.7. The number of para-hydroxylation sites is 1. The van der Waals surface area contributed by atoms with Crippen molar-refractivity contribution >= 4 is 15.7 Å². The molecule has 3 N–H and O–H groups in total. The summed E-state index contributed by atoms with van der Waals surface area (Å²) >= 11 is 0. The van der Waals surface area contributed by atoms with Gasteiger partial charge in [-0.3, -0.25) is 10.1 Å². The summed E-state index contributed by atoms with van der Waals surface area (Å²) < 4.78 is 26.3. The van der Waals surface area contributed by atoms with Gasteiger partial charge in [-0.2, -0.15) is 0 Å². The van der Waals surface area contributed by atoms with Crippen LogP contribution in [0.25, 0.3) is 0 Å². The van der Waals surface area contributed by atoms with Crippen LogP contribution in [0.3, 0.4) is 0 Å². The molecule has 19 heavy (non-hydrogen) atoms. The van der Waals surface area contributed by atoms with Gasteiger partial charge in [-0.1, -0.05) is 18.2 Å². The highest BCUT2D eigenvalue weighted by molar-refractivity contribution is 7.88. The number of hydrogen-bond acceptors (Lipinski definition) is 5. The molecule has 7 nitrogen and oxygen atoms in total. The average molecular weight is 287 g/mol. The summed E-state index contributed by atoms with van der Waals surface area (Å²) in [5, 5.41) is 10.8. The van der Waals surface area contributed by atoms with E-state index in [2.05, 4.69) is 4.72 Å². The van der Waals surface area contributed by atoms with Gasteiger partial charge < -0.3 is 5.73 Å². The number of nitro groups is 1. The normalized spacial score (nSPS) is 12.4. The Morgan fingerprint density at radius 3 is 2.47 bits per heavy atom. The lowest BCUT2D eigenvalue weighted by molar-refractivity contribution is -0.385. The van der Waals surface area contributed by atoms with Crippen molar-refractivity contribution in [2.45, 2.75) is 25.1 Å². The zero-order valence-corrected chi connectivity index (χ0v) is 11.6. The predicted molar refractivity (Wildman–Crippen MR) is 72.0 cm³/mol. The maximum absolute atomic E-state index is 12.0. The Kier molecular flexibility index (Phi) is 4.61. The fourth-order valence-corrected chi connectivity index (χ4v) is 3.17. The third-order valence-corrected chi connectivity index (χ3v) is 4.03. The molecule has 0 amide bonds. The van der Waals surface area contributed by atoms with Gasteiger partial charge in [0, 0.05) is 23.7 Å². The van der Waals surface area contributed by atoms with Gasteiger partial charge in [0.05, 0.1) is 10.7 Å². The molecule has 1 aromatic rings. The number of nitrogens with two attached hydrogens (primary N) is 1. The Balaban J connectivity index is 3.00. The van der Waals surface area contributed by atoms with Crippen LogP contribution in [0.15, 0.2) is 24.3 Å². The summed E-state index contributed by atoms with van der Waals surface area (Å²) in [4.78, 5) is 10.2. The van der Waals surface area contributed by atoms with Crippen LogP contribution < -0.4 is 10.5 Å². The van der Waals surface area contributed by atoms with Crippen LogP contribution >= 0.6 is 0 Å². The minimum atomic E-state index is -3.69. The third-order valence-electron chi connectivity index (χ3n) is 2.48. The van der Waals surface area contributed by atoms with Crippen LogP contribution in [-0.2, 0) is 15.8 Å². The molecule has 8 heteroatoms. The second-order valence-corrected chi connectivity index (χ2v) is 6.56. The second kappa shape index (κ2) is 5.64. The van der Waals surface area contributed by atoms with Crippen molar-refractivity contribution in [3.63, 3.8) is 0 Å². The molecular formula is C11H17N3O4S. The molecule has 0 saturated heterocycles. The minimum absolute atomic E-state index is 0.128. The van der Waals surface area contributed by atoms with Gasteiger partial charge in [-0.15, -0.1) is 0 Å². The van der Waals surface area contributed by atoms with Crippen LogP contribution in [0.5, 0.6) is 0 Å². The SMILES string of the molecule is CC(C)(CN)NS(=O)(=O)Cc1ccccc1[N+](=O)[O-]. The summed E-state index contributed by atoms with van der Waals surface area (Å²) in [5.41, 5.74) is 4.60. The summed E-state index contributed by atoms with van der Waals surface area (Å²) in [6, 6.07) is 5.75. The van der Waals surface area contributed by atoms with Gasteiger partial charge in [-0.05, 0) is 13.8 Å². The second-order valence-electron chi connectivity index (χ2n) is 4.83. The van der Waals surface area contributed by atoms with Crippen molar-refractivity contribution in [1.29, 1.82) is 0 Å². The van der Waals surface area contributed by atoms with Gasteiger partial charge in [0.25, 0.3) is 5.69 Å². The monoisotopic (exact) mass is 287 g/mol. The maximum atomic E-state index is 12.0. The quantitative estimate of drug-likeness (QED) is 0.591. The first-order valence-corrected chi connectivity index (χ1v) is 7.26. The summed E-state index contributed by atoms with van der Waals surface area (Å²) in [7, 11) is -3.69. The highest BCUT2D eigenvalue weighted by Crippen LogP contribution is 2.20. The van der Waals surface area contributed by atoms with Crippen molar-refractivity contribution in [1.82, 2.24) is 4.72 Å². The van der Waals surface area contributed by atoms with Crippen LogP contribution in [0.1, 0.15) is 19.4 Å². The molecule has 0 atom stereocenters. The van der Waals surface area contributed by atoms with Gasteiger partial charge in [0.15, 0.2) is 0 Å². The molecular weight excluding hydrogens is 270 g/mol. The Morgan fingerprint density at radius 1 is 1.37 bits per heavy atom. The summed E-state index contributed by atoms with van der Waals surface area (Å²) in [6.07, 6.45) is 0. The van der Waals surface area contributed by atoms with Gasteiger partial charge in [0.1, 0.15) is 0 Å². The van der Waals surface area contributed by atoms with E-state index in [4.69, 9.17) is 5.73 Å². The molecule has 1 aromatic carbocycles. The number of nitro benzene ring substituents is 1. The lowest BCUT2D eigenvalue weighted by Crippen LogP contribution is -2.49. The number of nitrogens with zero attached hydrogens (tertiary/aromatic N) is 1. The van der Waals surface area contributed by atoms with Crippen molar-refractivity contribution in [3.05, 3.63) is 39.9 Å². The molecule has 106 valence electrons.